The van der Waals surface area contributed by atoms with E-state index in [9.17, 15) is 0 Å². The highest BCUT2D eigenvalue weighted by molar-refractivity contribution is 5.98. The summed E-state index contributed by atoms with van der Waals surface area (Å²) in [7, 11) is 2.18. The van der Waals surface area contributed by atoms with Crippen molar-refractivity contribution < 1.29 is 0 Å². The highest BCUT2D eigenvalue weighted by Crippen LogP contribution is 2.26. The van der Waals surface area contributed by atoms with Crippen molar-refractivity contribution in [1.82, 2.24) is 9.88 Å². The van der Waals surface area contributed by atoms with Crippen LogP contribution < -0.4 is 5.32 Å². The first-order chi connectivity index (χ1) is 12.6. The van der Waals surface area contributed by atoms with Crippen LogP contribution in [-0.4, -0.2) is 16.8 Å². The van der Waals surface area contributed by atoms with Crippen LogP contribution in [0, 0.1) is 5.41 Å². The van der Waals surface area contributed by atoms with E-state index in [-0.39, 0.29) is 0 Å². The summed E-state index contributed by atoms with van der Waals surface area (Å²) in [5.41, 5.74) is 7.90. The number of aromatic nitrogens is 1. The molecule has 0 radical (unpaired) electrons. The molecule has 3 heteroatoms. The van der Waals surface area contributed by atoms with Crippen LogP contribution in [0.2, 0.25) is 0 Å². The van der Waals surface area contributed by atoms with Gasteiger partial charge in [0.05, 0.1) is 0 Å². The first kappa shape index (κ1) is 18.9. The van der Waals surface area contributed by atoms with Crippen LogP contribution in [0.1, 0.15) is 63.6 Å². The third-order valence-corrected chi connectivity index (χ3v) is 5.88. The van der Waals surface area contributed by atoms with Gasteiger partial charge in [-0.25, -0.2) is 0 Å². The van der Waals surface area contributed by atoms with Gasteiger partial charge in [0.15, 0.2) is 0 Å². The van der Waals surface area contributed by atoms with Crippen LogP contribution >= 0.6 is 0 Å². The molecule has 0 unspecified atom stereocenters. The van der Waals surface area contributed by atoms with Crippen molar-refractivity contribution in [2.75, 3.05) is 6.54 Å². The second-order valence-electron chi connectivity index (χ2n) is 7.58. The Hall–Kier alpha value is -1.87. The average Bonchev–Trinajstić information content (AvgIpc) is 2.93. The molecule has 1 fully saturated rings. The Morgan fingerprint density at radius 3 is 2.73 bits per heavy atom. The number of benzene rings is 1. The van der Waals surface area contributed by atoms with Crippen molar-refractivity contribution in [2.45, 2.75) is 65.3 Å². The molecule has 3 rings (SSSR count). The maximum Gasteiger partial charge on any atom is 0.0483 e. The fraction of sp³-hybridized carbons (Fsp3) is 0.522. The molecule has 0 spiro atoms. The molecule has 1 aliphatic rings. The summed E-state index contributed by atoms with van der Waals surface area (Å²) in [5.74, 6) is 0. The van der Waals surface area contributed by atoms with Gasteiger partial charge < -0.3 is 15.3 Å². The summed E-state index contributed by atoms with van der Waals surface area (Å²) in [4.78, 5) is 0. The number of aryl methyl sites for hydroxylation is 2. The van der Waals surface area contributed by atoms with Gasteiger partial charge in [-0.2, -0.15) is 0 Å². The lowest BCUT2D eigenvalue weighted by Gasteiger charge is -2.18. The second-order valence-corrected chi connectivity index (χ2v) is 7.58. The number of nitrogens with zero attached hydrogens (tertiary/aromatic N) is 1. The number of rotatable bonds is 7. The molecule has 1 saturated carbocycles. The zero-order chi connectivity index (χ0) is 18.5. The Kier molecular flexibility index (Phi) is 6.31. The number of hydrogen-bond acceptors (Lipinski definition) is 2. The van der Waals surface area contributed by atoms with Crippen molar-refractivity contribution in [3.63, 3.8) is 0 Å². The molecule has 1 aromatic carbocycles. The smallest absolute Gasteiger partial charge is 0.0483 e. The Balaban J connectivity index is 1.56. The molecule has 1 aromatic heterocycles. The minimum Gasteiger partial charge on any atom is -0.346 e. The molecule has 2 aromatic rings. The predicted octanol–water partition coefficient (Wildman–Crippen LogP) is 5.52. The summed E-state index contributed by atoms with van der Waals surface area (Å²) >= 11 is 0. The van der Waals surface area contributed by atoms with Gasteiger partial charge in [-0.1, -0.05) is 30.7 Å². The van der Waals surface area contributed by atoms with E-state index in [1.165, 1.54) is 46.1 Å². The summed E-state index contributed by atoms with van der Waals surface area (Å²) in [6, 6.07) is 8.72. The quantitative estimate of drug-likeness (QED) is 0.634. The topological polar surface area (TPSA) is 40.8 Å². The standard InChI is InChI=1S/C23H33N3/c1-4-18-20-12-6-8-14-22(20)26(3)23(18)16-25-15-9-10-17(2)19-11-5-7-13-21(19)24/h6,8,12,14,24-25H,4-5,7,9-11,13,15-16H2,1-3H3/b19-17+,24-21?. The van der Waals surface area contributed by atoms with E-state index in [1.807, 2.05) is 0 Å². The summed E-state index contributed by atoms with van der Waals surface area (Å²) in [5, 5.41) is 13.2. The zero-order valence-electron chi connectivity index (χ0n) is 16.6. The molecule has 0 amide bonds. The highest BCUT2D eigenvalue weighted by atomic mass is 15.0. The lowest BCUT2D eigenvalue weighted by molar-refractivity contribution is 0.620. The van der Waals surface area contributed by atoms with Gasteiger partial charge in [-0.05, 0) is 75.6 Å². The van der Waals surface area contributed by atoms with Gasteiger partial charge in [-0.15, -0.1) is 0 Å². The molecule has 0 atom stereocenters. The number of para-hydroxylation sites is 1. The minimum atomic E-state index is 0.893. The molecule has 3 nitrogen and oxygen atoms in total. The largest absolute Gasteiger partial charge is 0.346 e. The third kappa shape index (κ3) is 3.93. The molecule has 1 heterocycles. The Labute approximate surface area is 158 Å². The molecule has 1 aliphatic carbocycles. The van der Waals surface area contributed by atoms with Crippen molar-refractivity contribution in [3.8, 4) is 0 Å². The fourth-order valence-electron chi connectivity index (χ4n) is 4.36. The van der Waals surface area contributed by atoms with E-state index >= 15 is 0 Å². The van der Waals surface area contributed by atoms with Crippen molar-refractivity contribution >= 4 is 16.6 Å². The summed E-state index contributed by atoms with van der Waals surface area (Å²) in [6.45, 7) is 6.44. The lowest BCUT2D eigenvalue weighted by atomic mass is 9.88. The van der Waals surface area contributed by atoms with E-state index in [1.54, 1.807) is 0 Å². The molecular formula is C23H33N3. The fourth-order valence-corrected chi connectivity index (χ4v) is 4.36. The summed E-state index contributed by atoms with van der Waals surface area (Å²) in [6.07, 6.45) is 7.88. The Morgan fingerprint density at radius 2 is 1.96 bits per heavy atom. The van der Waals surface area contributed by atoms with E-state index in [2.05, 4.69) is 55.0 Å². The van der Waals surface area contributed by atoms with Gasteiger partial charge in [0, 0.05) is 35.9 Å². The van der Waals surface area contributed by atoms with Gasteiger partial charge in [0.1, 0.15) is 0 Å². The van der Waals surface area contributed by atoms with E-state index < -0.39 is 0 Å². The first-order valence-corrected chi connectivity index (χ1v) is 10.2. The van der Waals surface area contributed by atoms with Crippen LogP contribution in [0.4, 0.5) is 0 Å². The minimum absolute atomic E-state index is 0.893. The molecule has 0 saturated heterocycles. The zero-order valence-corrected chi connectivity index (χ0v) is 16.6. The molecular weight excluding hydrogens is 318 g/mol. The maximum absolute atomic E-state index is 8.15. The highest BCUT2D eigenvalue weighted by Gasteiger charge is 2.14. The SMILES string of the molecule is CCc1c(CNCCC/C(C)=C2\CCCCC2=N)n(C)c2ccccc12. The van der Waals surface area contributed by atoms with Gasteiger partial charge in [-0.3, -0.25) is 0 Å². The third-order valence-electron chi connectivity index (χ3n) is 5.88. The van der Waals surface area contributed by atoms with Gasteiger partial charge >= 0.3 is 0 Å². The average molecular weight is 352 g/mol. The van der Waals surface area contributed by atoms with Gasteiger partial charge in [0.25, 0.3) is 0 Å². The Morgan fingerprint density at radius 1 is 1.19 bits per heavy atom. The van der Waals surface area contributed by atoms with Crippen LogP contribution in [0.25, 0.3) is 10.9 Å². The normalized spacial score (nSPS) is 17.1. The van der Waals surface area contributed by atoms with E-state index in [0.717, 1.165) is 50.9 Å². The molecule has 26 heavy (non-hydrogen) atoms. The summed E-state index contributed by atoms with van der Waals surface area (Å²) < 4.78 is 2.34. The Bertz CT molecular complexity index is 810. The van der Waals surface area contributed by atoms with Crippen molar-refractivity contribution in [1.29, 1.82) is 5.41 Å². The van der Waals surface area contributed by atoms with E-state index in [4.69, 9.17) is 5.41 Å². The van der Waals surface area contributed by atoms with Crippen LogP contribution in [0.15, 0.2) is 35.4 Å². The van der Waals surface area contributed by atoms with Gasteiger partial charge in [0.2, 0.25) is 0 Å². The van der Waals surface area contributed by atoms with Crippen molar-refractivity contribution in [3.05, 3.63) is 46.7 Å². The number of allylic oxidation sites excluding steroid dienone is 2. The monoisotopic (exact) mass is 351 g/mol. The maximum atomic E-state index is 8.15. The number of nitrogens with one attached hydrogen (secondary N) is 2. The molecule has 140 valence electrons. The van der Waals surface area contributed by atoms with Crippen molar-refractivity contribution in [2.24, 2.45) is 7.05 Å². The van der Waals surface area contributed by atoms with Crippen LogP contribution in [0.3, 0.4) is 0 Å². The van der Waals surface area contributed by atoms with Crippen LogP contribution in [-0.2, 0) is 20.0 Å². The predicted molar refractivity (Wildman–Crippen MR) is 112 cm³/mol. The molecule has 0 aliphatic heterocycles. The van der Waals surface area contributed by atoms with E-state index in [0.29, 0.717) is 0 Å². The molecule has 0 bridgehead atoms. The van der Waals surface area contributed by atoms with Crippen LogP contribution in [0.5, 0.6) is 0 Å². The lowest BCUT2D eigenvalue weighted by Crippen LogP contribution is -2.18. The number of hydrogen-bond donors (Lipinski definition) is 2. The first-order valence-electron chi connectivity index (χ1n) is 10.2. The molecule has 2 N–H and O–H groups in total. The number of fused-ring (bicyclic) bond motifs is 1. The second kappa shape index (κ2) is 8.68.